The first-order valence-electron chi connectivity index (χ1n) is 11.3. The van der Waals surface area contributed by atoms with Gasteiger partial charge in [-0.1, -0.05) is 17.7 Å². The molecule has 10 heteroatoms. The Morgan fingerprint density at radius 2 is 2.06 bits per heavy atom. The number of piperidine rings is 1. The molecular formula is C23H25ClN8O. The predicted octanol–water partition coefficient (Wildman–Crippen LogP) is 2.83. The van der Waals surface area contributed by atoms with Gasteiger partial charge in [-0.15, -0.1) is 0 Å². The molecule has 0 aliphatic carbocycles. The fourth-order valence-electron chi connectivity index (χ4n) is 5.43. The highest BCUT2D eigenvalue weighted by Gasteiger charge is 2.40. The average Bonchev–Trinajstić information content (AvgIpc) is 3.48. The van der Waals surface area contributed by atoms with E-state index in [4.69, 9.17) is 27.3 Å². The molecule has 0 saturated carbocycles. The van der Waals surface area contributed by atoms with Gasteiger partial charge in [-0.2, -0.15) is 5.10 Å². The van der Waals surface area contributed by atoms with Gasteiger partial charge >= 0.3 is 0 Å². The van der Waals surface area contributed by atoms with Gasteiger partial charge in [-0.25, -0.2) is 9.97 Å². The Morgan fingerprint density at radius 3 is 2.82 bits per heavy atom. The molecule has 0 spiro atoms. The molecule has 2 atom stereocenters. The van der Waals surface area contributed by atoms with Crippen LogP contribution in [0.1, 0.15) is 25.7 Å². The number of hydrogen-bond donors (Lipinski definition) is 3. The quantitative estimate of drug-likeness (QED) is 0.427. The number of rotatable bonds is 4. The third kappa shape index (κ3) is 3.34. The molecule has 5 heterocycles. The molecule has 2 unspecified atom stereocenters. The van der Waals surface area contributed by atoms with Crippen molar-refractivity contribution in [1.29, 1.82) is 0 Å². The number of anilines is 1. The van der Waals surface area contributed by atoms with E-state index in [-0.39, 0.29) is 18.5 Å². The molecule has 2 aliphatic rings. The molecule has 2 bridgehead atoms. The number of aromatic amines is 1. The summed E-state index contributed by atoms with van der Waals surface area (Å²) in [4.78, 5) is 27.1. The van der Waals surface area contributed by atoms with Crippen LogP contribution in [0.15, 0.2) is 30.7 Å². The second-order valence-corrected chi connectivity index (χ2v) is 9.39. The van der Waals surface area contributed by atoms with E-state index < -0.39 is 0 Å². The lowest BCUT2D eigenvalue weighted by atomic mass is 9.98. The summed E-state index contributed by atoms with van der Waals surface area (Å²) in [6.07, 6.45) is 9.91. The zero-order valence-corrected chi connectivity index (χ0v) is 19.0. The summed E-state index contributed by atoms with van der Waals surface area (Å²) < 4.78 is 1.60. The topological polar surface area (TPSA) is 118 Å². The number of benzene rings is 1. The van der Waals surface area contributed by atoms with Crippen LogP contribution >= 0.6 is 11.6 Å². The van der Waals surface area contributed by atoms with Gasteiger partial charge in [-0.05, 0) is 31.7 Å². The van der Waals surface area contributed by atoms with Gasteiger partial charge in [0.1, 0.15) is 17.9 Å². The van der Waals surface area contributed by atoms with E-state index in [1.54, 1.807) is 17.9 Å². The van der Waals surface area contributed by atoms with Crippen molar-refractivity contribution >= 4 is 45.4 Å². The van der Waals surface area contributed by atoms with Crippen molar-refractivity contribution in [2.45, 2.75) is 50.4 Å². The molecule has 33 heavy (non-hydrogen) atoms. The number of carbonyl (C=O) groups is 1. The average molecular weight is 465 g/mol. The molecule has 6 rings (SSSR count). The van der Waals surface area contributed by atoms with Crippen LogP contribution in [0, 0.1) is 0 Å². The highest BCUT2D eigenvalue weighted by atomic mass is 35.5. The van der Waals surface area contributed by atoms with E-state index in [9.17, 15) is 4.79 Å². The fourth-order valence-corrected chi connectivity index (χ4v) is 5.74. The number of fused-ring (bicyclic) bond motifs is 4. The minimum atomic E-state index is -0.119. The first-order valence-corrected chi connectivity index (χ1v) is 11.6. The Balaban J connectivity index is 1.36. The van der Waals surface area contributed by atoms with Crippen molar-refractivity contribution in [2.24, 2.45) is 5.73 Å². The summed E-state index contributed by atoms with van der Waals surface area (Å²) in [5.41, 5.74) is 10.2. The molecule has 170 valence electrons. The molecule has 0 radical (unpaired) electrons. The smallest absolute Gasteiger partial charge is 0.241 e. The van der Waals surface area contributed by atoms with Crippen molar-refractivity contribution in [1.82, 2.24) is 30.0 Å². The molecule has 4 aromatic rings. The van der Waals surface area contributed by atoms with Crippen LogP contribution in [0.5, 0.6) is 0 Å². The molecule has 4 N–H and O–H groups in total. The number of H-pyrrole nitrogens is 1. The summed E-state index contributed by atoms with van der Waals surface area (Å²) in [7, 11) is 1.60. The van der Waals surface area contributed by atoms with Crippen molar-refractivity contribution in [3.05, 3.63) is 35.7 Å². The van der Waals surface area contributed by atoms with Crippen LogP contribution in [0.3, 0.4) is 0 Å². The molecule has 2 saturated heterocycles. The van der Waals surface area contributed by atoms with Gasteiger partial charge in [0, 0.05) is 54.1 Å². The van der Waals surface area contributed by atoms with E-state index in [2.05, 4.69) is 20.3 Å². The Morgan fingerprint density at radius 1 is 1.27 bits per heavy atom. The van der Waals surface area contributed by atoms with E-state index in [1.807, 2.05) is 24.5 Å². The highest BCUT2D eigenvalue weighted by molar-refractivity contribution is 6.38. The minimum absolute atomic E-state index is 0.119. The molecule has 1 aromatic carbocycles. The number of nitrogens with one attached hydrogen (secondary N) is 2. The maximum Gasteiger partial charge on any atom is 0.241 e. The number of halogens is 1. The van der Waals surface area contributed by atoms with Crippen molar-refractivity contribution in [3.8, 4) is 11.1 Å². The molecule has 3 aromatic heterocycles. The number of aromatic nitrogens is 5. The molecule has 2 aliphatic heterocycles. The first-order chi connectivity index (χ1) is 16.0. The Kier molecular flexibility index (Phi) is 4.77. The van der Waals surface area contributed by atoms with Crippen LogP contribution in [0.2, 0.25) is 5.02 Å². The van der Waals surface area contributed by atoms with Crippen LogP contribution in [-0.4, -0.2) is 55.8 Å². The molecule has 2 fully saturated rings. The second kappa shape index (κ2) is 7.71. The Hall–Kier alpha value is -3.17. The molecule has 9 nitrogen and oxygen atoms in total. The second-order valence-electron chi connectivity index (χ2n) is 9.01. The lowest BCUT2D eigenvalue weighted by molar-refractivity contribution is -0.121. The van der Waals surface area contributed by atoms with E-state index in [0.29, 0.717) is 17.1 Å². The van der Waals surface area contributed by atoms with Crippen molar-refractivity contribution in [2.75, 3.05) is 11.9 Å². The zero-order valence-electron chi connectivity index (χ0n) is 18.3. The molecule has 1 amide bonds. The van der Waals surface area contributed by atoms with E-state index in [0.717, 1.165) is 64.7 Å². The molecular weight excluding hydrogens is 440 g/mol. The van der Waals surface area contributed by atoms with Crippen molar-refractivity contribution < 1.29 is 4.79 Å². The van der Waals surface area contributed by atoms with E-state index >= 15 is 0 Å². The Bertz CT molecular complexity index is 1360. The SMILES string of the molecule is CNC(=O)Cn1cc2c(Cl)c(-c3c[nH]c4nc(N5C6CCC5CC(N)C6)cnc34)ccc2n1. The highest BCUT2D eigenvalue weighted by Crippen LogP contribution is 2.40. The minimum Gasteiger partial charge on any atom is -0.358 e. The van der Waals surface area contributed by atoms with Crippen LogP contribution in [-0.2, 0) is 11.3 Å². The number of nitrogens with two attached hydrogens (primary N) is 1. The van der Waals surface area contributed by atoms with Gasteiger partial charge < -0.3 is 20.9 Å². The normalized spacial score (nSPS) is 22.4. The zero-order chi connectivity index (χ0) is 22.7. The number of nitrogens with zero attached hydrogens (tertiary/aromatic N) is 5. The third-order valence-electron chi connectivity index (χ3n) is 6.95. The van der Waals surface area contributed by atoms with Crippen LogP contribution in [0.25, 0.3) is 33.2 Å². The Labute approximate surface area is 195 Å². The van der Waals surface area contributed by atoms with Gasteiger partial charge in [0.25, 0.3) is 0 Å². The predicted molar refractivity (Wildman–Crippen MR) is 128 cm³/mol. The van der Waals surface area contributed by atoms with Gasteiger partial charge in [0.05, 0.1) is 16.7 Å². The monoisotopic (exact) mass is 464 g/mol. The lowest BCUT2D eigenvalue weighted by Gasteiger charge is -2.38. The lowest BCUT2D eigenvalue weighted by Crippen LogP contribution is -2.47. The summed E-state index contributed by atoms with van der Waals surface area (Å²) in [5, 5.41) is 8.42. The largest absolute Gasteiger partial charge is 0.358 e. The summed E-state index contributed by atoms with van der Waals surface area (Å²) >= 11 is 6.79. The maximum atomic E-state index is 11.7. The van der Waals surface area contributed by atoms with Crippen LogP contribution < -0.4 is 16.0 Å². The summed E-state index contributed by atoms with van der Waals surface area (Å²) in [6.45, 7) is 0.140. The number of hydrogen-bond acceptors (Lipinski definition) is 6. The number of amides is 1. The maximum absolute atomic E-state index is 11.7. The summed E-state index contributed by atoms with van der Waals surface area (Å²) in [5.74, 6) is 0.790. The standard InChI is InChI=1S/C23H25ClN8O/c1-26-20(33)11-31-10-17-18(30-31)5-4-15(21(17)24)16-8-28-23-22(16)27-9-19(29-23)32-13-2-3-14(32)7-12(25)6-13/h4-5,8-10,12-14H,2-3,6-7,11,25H2,1H3,(H,26,33)(H,28,29). The van der Waals surface area contributed by atoms with Crippen molar-refractivity contribution in [3.63, 3.8) is 0 Å². The van der Waals surface area contributed by atoms with Gasteiger partial charge in [0.2, 0.25) is 5.91 Å². The van der Waals surface area contributed by atoms with Crippen LogP contribution in [0.4, 0.5) is 5.82 Å². The number of likely N-dealkylation sites (N-methyl/N-ethyl adjacent to an activating group) is 1. The fraction of sp³-hybridized carbons (Fsp3) is 0.391. The third-order valence-corrected chi connectivity index (χ3v) is 7.36. The first kappa shape index (κ1) is 20.4. The number of carbonyl (C=O) groups excluding carboxylic acids is 1. The van der Waals surface area contributed by atoms with Gasteiger partial charge in [-0.3, -0.25) is 9.48 Å². The summed E-state index contributed by atoms with van der Waals surface area (Å²) in [6, 6.07) is 5.02. The van der Waals surface area contributed by atoms with Gasteiger partial charge in [0.15, 0.2) is 5.65 Å². The van der Waals surface area contributed by atoms with E-state index in [1.165, 1.54) is 0 Å².